The van der Waals surface area contributed by atoms with Crippen LogP contribution in [0.4, 0.5) is 10.5 Å². The van der Waals surface area contributed by atoms with Crippen LogP contribution in [0, 0.1) is 6.92 Å². The number of nitrogens with one attached hydrogen (secondary N) is 3. The van der Waals surface area contributed by atoms with Gasteiger partial charge in [-0.15, -0.1) is 0 Å². The van der Waals surface area contributed by atoms with Gasteiger partial charge in [0.15, 0.2) is 0 Å². The molecule has 26 heavy (non-hydrogen) atoms. The number of imidazole rings is 1. The molecule has 0 saturated heterocycles. The summed E-state index contributed by atoms with van der Waals surface area (Å²) in [6.45, 7) is 2.31. The third kappa shape index (κ3) is 4.15. The molecule has 0 aliphatic rings. The standard InChI is InChI=1S/C19H19ClN4O2/c1-13-12-22-19(26)24(13)17-5-3-2-4-16(17)23-18(25)21-11-10-14-6-8-15(20)9-7-14/h2-9,12H,10-11H2,1H3,(H,22,26)(H2,21,23,25). The lowest BCUT2D eigenvalue weighted by atomic mass is 10.1. The van der Waals surface area contributed by atoms with E-state index in [9.17, 15) is 9.59 Å². The Labute approximate surface area is 155 Å². The Kier molecular flexibility index (Phi) is 5.43. The molecule has 0 bridgehead atoms. The number of hydrogen-bond acceptors (Lipinski definition) is 2. The molecule has 0 fully saturated rings. The quantitative estimate of drug-likeness (QED) is 0.642. The summed E-state index contributed by atoms with van der Waals surface area (Å²) < 4.78 is 1.52. The second kappa shape index (κ2) is 7.93. The Morgan fingerprint density at radius 3 is 2.58 bits per heavy atom. The molecular formula is C19H19ClN4O2. The van der Waals surface area contributed by atoms with Crippen LogP contribution < -0.4 is 16.3 Å². The van der Waals surface area contributed by atoms with Crippen LogP contribution in [0.1, 0.15) is 11.3 Å². The fourth-order valence-corrected chi connectivity index (χ4v) is 2.79. The normalized spacial score (nSPS) is 10.5. The summed E-state index contributed by atoms with van der Waals surface area (Å²) >= 11 is 5.86. The first-order valence-electron chi connectivity index (χ1n) is 8.20. The van der Waals surface area contributed by atoms with E-state index in [2.05, 4.69) is 15.6 Å². The van der Waals surface area contributed by atoms with Crippen LogP contribution in [0.2, 0.25) is 5.02 Å². The van der Waals surface area contributed by atoms with E-state index in [-0.39, 0.29) is 11.7 Å². The number of urea groups is 1. The highest BCUT2D eigenvalue weighted by Crippen LogP contribution is 2.19. The zero-order valence-electron chi connectivity index (χ0n) is 14.3. The van der Waals surface area contributed by atoms with Crippen molar-refractivity contribution in [1.82, 2.24) is 14.9 Å². The van der Waals surface area contributed by atoms with Crippen molar-refractivity contribution in [3.05, 3.63) is 81.5 Å². The number of rotatable bonds is 5. The van der Waals surface area contributed by atoms with Crippen molar-refractivity contribution >= 4 is 23.3 Å². The minimum absolute atomic E-state index is 0.250. The number of benzene rings is 2. The summed E-state index contributed by atoms with van der Waals surface area (Å²) in [6, 6.07) is 14.3. The molecule has 0 spiro atoms. The first-order valence-corrected chi connectivity index (χ1v) is 8.58. The molecule has 6 nitrogen and oxygen atoms in total. The summed E-state index contributed by atoms with van der Waals surface area (Å²) in [7, 11) is 0. The molecule has 1 aromatic heterocycles. The topological polar surface area (TPSA) is 78.9 Å². The molecule has 3 aromatic rings. The summed E-state index contributed by atoms with van der Waals surface area (Å²) in [6.07, 6.45) is 2.33. The Morgan fingerprint density at radius 1 is 1.15 bits per heavy atom. The van der Waals surface area contributed by atoms with Crippen LogP contribution in [0.5, 0.6) is 0 Å². The monoisotopic (exact) mass is 370 g/mol. The SMILES string of the molecule is Cc1c[nH]c(=O)n1-c1ccccc1NC(=O)NCCc1ccc(Cl)cc1. The Balaban J connectivity index is 1.65. The number of carbonyl (C=O) groups excluding carboxylic acids is 1. The minimum Gasteiger partial charge on any atom is -0.338 e. The van der Waals surface area contributed by atoms with Crippen LogP contribution in [0.25, 0.3) is 5.69 Å². The van der Waals surface area contributed by atoms with Crippen molar-refractivity contribution in [2.45, 2.75) is 13.3 Å². The number of halogens is 1. The number of amides is 2. The maximum atomic E-state index is 12.2. The van der Waals surface area contributed by atoms with Crippen LogP contribution >= 0.6 is 11.6 Å². The van der Waals surface area contributed by atoms with E-state index in [1.54, 1.807) is 24.4 Å². The van der Waals surface area contributed by atoms with E-state index in [0.717, 1.165) is 11.3 Å². The first kappa shape index (κ1) is 17.8. The molecule has 3 rings (SSSR count). The first-order chi connectivity index (χ1) is 12.5. The number of para-hydroxylation sites is 2. The highest BCUT2D eigenvalue weighted by molar-refractivity contribution is 6.30. The highest BCUT2D eigenvalue weighted by atomic mass is 35.5. The predicted molar refractivity (Wildman–Crippen MR) is 103 cm³/mol. The molecule has 3 N–H and O–H groups in total. The van der Waals surface area contributed by atoms with Gasteiger partial charge in [0.25, 0.3) is 0 Å². The molecule has 0 aliphatic heterocycles. The number of aromatic nitrogens is 2. The van der Waals surface area contributed by atoms with E-state index >= 15 is 0 Å². The number of carbonyl (C=O) groups is 1. The zero-order valence-corrected chi connectivity index (χ0v) is 15.0. The molecule has 2 aromatic carbocycles. The highest BCUT2D eigenvalue weighted by Gasteiger charge is 2.11. The Bertz CT molecular complexity index is 960. The molecule has 0 saturated carbocycles. The molecular weight excluding hydrogens is 352 g/mol. The number of nitrogens with zero attached hydrogens (tertiary/aromatic N) is 1. The van der Waals surface area contributed by atoms with E-state index in [1.165, 1.54) is 4.57 Å². The number of aryl methyl sites for hydroxylation is 1. The Hall–Kier alpha value is -2.99. The molecule has 0 atom stereocenters. The van der Waals surface area contributed by atoms with Crippen molar-refractivity contribution in [2.24, 2.45) is 0 Å². The van der Waals surface area contributed by atoms with Gasteiger partial charge in [0.2, 0.25) is 0 Å². The van der Waals surface area contributed by atoms with Crippen LogP contribution in [-0.2, 0) is 6.42 Å². The number of anilines is 1. The summed E-state index contributed by atoms with van der Waals surface area (Å²) in [4.78, 5) is 26.9. The molecule has 1 heterocycles. The van der Waals surface area contributed by atoms with Crippen LogP contribution in [0.15, 0.2) is 59.5 Å². The smallest absolute Gasteiger partial charge is 0.330 e. The fraction of sp³-hybridized carbons (Fsp3) is 0.158. The van der Waals surface area contributed by atoms with Gasteiger partial charge in [0.1, 0.15) is 0 Å². The van der Waals surface area contributed by atoms with Crippen molar-refractivity contribution in [2.75, 3.05) is 11.9 Å². The van der Waals surface area contributed by atoms with Crippen molar-refractivity contribution in [3.8, 4) is 5.69 Å². The van der Waals surface area contributed by atoms with Gasteiger partial charge in [-0.1, -0.05) is 35.9 Å². The molecule has 2 amide bonds. The molecule has 0 unspecified atom stereocenters. The van der Waals surface area contributed by atoms with Gasteiger partial charge in [-0.25, -0.2) is 9.59 Å². The van der Waals surface area contributed by atoms with Crippen molar-refractivity contribution in [3.63, 3.8) is 0 Å². The van der Waals surface area contributed by atoms with Gasteiger partial charge in [-0.05, 0) is 43.2 Å². The second-order valence-corrected chi connectivity index (χ2v) is 6.28. The average molecular weight is 371 g/mol. The summed E-state index contributed by atoms with van der Waals surface area (Å²) in [5.41, 5.74) is 2.77. The molecule has 0 radical (unpaired) electrons. The van der Waals surface area contributed by atoms with Crippen LogP contribution in [0.3, 0.4) is 0 Å². The van der Waals surface area contributed by atoms with Crippen LogP contribution in [-0.4, -0.2) is 22.1 Å². The predicted octanol–water partition coefficient (Wildman–Crippen LogP) is 3.49. The maximum absolute atomic E-state index is 12.2. The lowest BCUT2D eigenvalue weighted by molar-refractivity contribution is 0.252. The largest absolute Gasteiger partial charge is 0.338 e. The van der Waals surface area contributed by atoms with Crippen molar-refractivity contribution < 1.29 is 4.79 Å². The third-order valence-electron chi connectivity index (χ3n) is 3.97. The fourth-order valence-electron chi connectivity index (χ4n) is 2.67. The number of aromatic amines is 1. The van der Waals surface area contributed by atoms with Gasteiger partial charge in [-0.3, -0.25) is 4.57 Å². The zero-order chi connectivity index (χ0) is 18.5. The lowest BCUT2D eigenvalue weighted by Gasteiger charge is -2.13. The third-order valence-corrected chi connectivity index (χ3v) is 4.22. The van der Waals surface area contributed by atoms with Crippen molar-refractivity contribution in [1.29, 1.82) is 0 Å². The summed E-state index contributed by atoms with van der Waals surface area (Å²) in [5, 5.41) is 6.31. The Morgan fingerprint density at radius 2 is 1.88 bits per heavy atom. The second-order valence-electron chi connectivity index (χ2n) is 5.85. The number of hydrogen-bond donors (Lipinski definition) is 3. The maximum Gasteiger partial charge on any atom is 0.330 e. The van der Waals surface area contributed by atoms with Gasteiger partial charge in [0.05, 0.1) is 11.4 Å². The van der Waals surface area contributed by atoms with E-state index < -0.39 is 0 Å². The van der Waals surface area contributed by atoms with E-state index in [1.807, 2.05) is 37.3 Å². The minimum atomic E-state index is -0.326. The lowest BCUT2D eigenvalue weighted by Crippen LogP contribution is -2.31. The molecule has 134 valence electrons. The van der Waals surface area contributed by atoms with Gasteiger partial charge in [-0.2, -0.15) is 0 Å². The van der Waals surface area contributed by atoms with Gasteiger partial charge >= 0.3 is 11.7 Å². The van der Waals surface area contributed by atoms with Gasteiger partial charge < -0.3 is 15.6 Å². The molecule has 7 heteroatoms. The summed E-state index contributed by atoms with van der Waals surface area (Å²) in [5.74, 6) is 0. The molecule has 0 aliphatic carbocycles. The van der Waals surface area contributed by atoms with E-state index in [0.29, 0.717) is 29.4 Å². The van der Waals surface area contributed by atoms with E-state index in [4.69, 9.17) is 11.6 Å². The average Bonchev–Trinajstić information content (AvgIpc) is 2.96. The number of H-pyrrole nitrogens is 1. The van der Waals surface area contributed by atoms with Gasteiger partial charge in [0, 0.05) is 23.5 Å².